The van der Waals surface area contributed by atoms with Crippen molar-refractivity contribution in [3.63, 3.8) is 0 Å². The number of halogens is 1. The van der Waals surface area contributed by atoms with Gasteiger partial charge in [0.05, 0.1) is 32.3 Å². The lowest BCUT2D eigenvalue weighted by Gasteiger charge is -2.24. The molecule has 0 fully saturated rings. The molecule has 1 heterocycles. The van der Waals surface area contributed by atoms with E-state index in [1.54, 1.807) is 0 Å². The van der Waals surface area contributed by atoms with Gasteiger partial charge in [-0.05, 0) is 39.3 Å². The molecule has 22 heavy (non-hydrogen) atoms. The Balaban J connectivity index is 2.48. The molecule has 4 nitrogen and oxygen atoms in total. The van der Waals surface area contributed by atoms with Gasteiger partial charge in [-0.3, -0.25) is 0 Å². The minimum atomic E-state index is -1.25. The lowest BCUT2D eigenvalue weighted by Crippen LogP contribution is -2.36. The summed E-state index contributed by atoms with van der Waals surface area (Å²) in [5.74, 6) is 0. The zero-order valence-corrected chi connectivity index (χ0v) is 15.4. The molecule has 0 unspecified atom stereocenters. The van der Waals surface area contributed by atoms with Crippen molar-refractivity contribution < 1.29 is 4.21 Å². The number of thiazole rings is 1. The smallest absolute Gasteiger partial charge is 0.180 e. The van der Waals surface area contributed by atoms with Gasteiger partial charge < -0.3 is 5.73 Å². The van der Waals surface area contributed by atoms with Crippen LogP contribution in [0.1, 0.15) is 42.9 Å². The van der Waals surface area contributed by atoms with Crippen molar-refractivity contribution in [3.8, 4) is 0 Å². The SMILES string of the molecule is Cc1nc(N)sc1[C@H](N[S@@](=O)C(C)(C)C)c1ccccc1Cl. The predicted octanol–water partition coefficient (Wildman–Crippen LogP) is 3.83. The van der Waals surface area contributed by atoms with Crippen molar-refractivity contribution in [1.82, 2.24) is 9.71 Å². The zero-order chi connectivity index (χ0) is 16.5. The number of hydrogen-bond acceptors (Lipinski definition) is 4. The van der Waals surface area contributed by atoms with E-state index in [2.05, 4.69) is 9.71 Å². The second kappa shape index (κ2) is 6.66. The van der Waals surface area contributed by atoms with Gasteiger partial charge in [0.15, 0.2) is 5.13 Å². The number of nitrogens with two attached hydrogens (primary N) is 1. The van der Waals surface area contributed by atoms with Crippen LogP contribution in [0.15, 0.2) is 24.3 Å². The number of aryl methyl sites for hydroxylation is 1. The molecule has 0 aliphatic carbocycles. The summed E-state index contributed by atoms with van der Waals surface area (Å²) < 4.78 is 15.4. The van der Waals surface area contributed by atoms with Gasteiger partial charge in [-0.25, -0.2) is 13.9 Å². The summed E-state index contributed by atoms with van der Waals surface area (Å²) in [6.45, 7) is 7.67. The highest BCUT2D eigenvalue weighted by molar-refractivity contribution is 7.84. The van der Waals surface area contributed by atoms with Crippen LogP contribution in [0.4, 0.5) is 5.13 Å². The van der Waals surface area contributed by atoms with Gasteiger partial charge in [0.2, 0.25) is 0 Å². The molecule has 2 atom stereocenters. The zero-order valence-electron chi connectivity index (χ0n) is 13.0. The Hall–Kier alpha value is -0.950. The first-order valence-electron chi connectivity index (χ1n) is 6.85. The number of anilines is 1. The van der Waals surface area contributed by atoms with Crippen LogP contribution in [-0.4, -0.2) is 13.9 Å². The topological polar surface area (TPSA) is 68.0 Å². The molecule has 3 N–H and O–H groups in total. The fourth-order valence-electron chi connectivity index (χ4n) is 1.95. The largest absolute Gasteiger partial charge is 0.375 e. The van der Waals surface area contributed by atoms with Crippen LogP contribution in [0.5, 0.6) is 0 Å². The third-order valence-electron chi connectivity index (χ3n) is 3.11. The number of nitrogens with one attached hydrogen (secondary N) is 1. The van der Waals surface area contributed by atoms with Crippen molar-refractivity contribution >= 4 is 39.1 Å². The molecule has 0 saturated heterocycles. The lowest BCUT2D eigenvalue weighted by atomic mass is 10.1. The fraction of sp³-hybridized carbons (Fsp3) is 0.400. The standard InChI is InChI=1S/C15H20ClN3OS2/c1-9-13(21-14(17)18-9)12(19-22(20)15(2,3)4)10-7-5-6-8-11(10)16/h5-8,12,19H,1-4H3,(H2,17,18)/t12-,22+/m1/s1. The van der Waals surface area contributed by atoms with Gasteiger partial charge in [-0.15, -0.1) is 11.3 Å². The number of rotatable bonds is 4. The van der Waals surface area contributed by atoms with Gasteiger partial charge in [-0.1, -0.05) is 29.8 Å². The van der Waals surface area contributed by atoms with Crippen molar-refractivity contribution in [2.75, 3.05) is 5.73 Å². The van der Waals surface area contributed by atoms with Crippen molar-refractivity contribution in [2.45, 2.75) is 38.5 Å². The summed E-state index contributed by atoms with van der Waals surface area (Å²) in [5.41, 5.74) is 7.51. The van der Waals surface area contributed by atoms with E-state index in [9.17, 15) is 4.21 Å². The first kappa shape index (κ1) is 17.4. The molecule has 0 aliphatic rings. The first-order chi connectivity index (χ1) is 10.2. The van der Waals surface area contributed by atoms with Gasteiger partial charge >= 0.3 is 0 Å². The van der Waals surface area contributed by atoms with E-state index >= 15 is 0 Å². The third kappa shape index (κ3) is 3.87. The molecular formula is C15H20ClN3OS2. The van der Waals surface area contributed by atoms with E-state index < -0.39 is 11.0 Å². The normalized spacial score (nSPS) is 14.8. The van der Waals surface area contributed by atoms with E-state index in [0.717, 1.165) is 16.1 Å². The van der Waals surface area contributed by atoms with Crippen molar-refractivity contribution in [1.29, 1.82) is 0 Å². The number of nitrogens with zero attached hydrogens (tertiary/aromatic N) is 1. The Labute approximate surface area is 142 Å². The van der Waals surface area contributed by atoms with Crippen LogP contribution < -0.4 is 10.5 Å². The predicted molar refractivity (Wildman–Crippen MR) is 95.6 cm³/mol. The van der Waals surface area contributed by atoms with Crippen molar-refractivity contribution in [2.24, 2.45) is 0 Å². The lowest BCUT2D eigenvalue weighted by molar-refractivity contribution is 0.624. The molecule has 0 amide bonds. The van der Waals surface area contributed by atoms with E-state index in [1.807, 2.05) is 52.0 Å². The molecule has 120 valence electrons. The summed E-state index contributed by atoms with van der Waals surface area (Å²) >= 11 is 7.73. The Morgan fingerprint density at radius 3 is 2.50 bits per heavy atom. The molecular weight excluding hydrogens is 338 g/mol. The van der Waals surface area contributed by atoms with Gasteiger partial charge in [-0.2, -0.15) is 0 Å². The molecule has 7 heteroatoms. The van der Waals surface area contributed by atoms with Crippen LogP contribution >= 0.6 is 22.9 Å². The average Bonchev–Trinajstić information content (AvgIpc) is 2.74. The van der Waals surface area contributed by atoms with Crippen LogP contribution in [-0.2, 0) is 11.0 Å². The van der Waals surface area contributed by atoms with Gasteiger partial charge in [0.25, 0.3) is 0 Å². The van der Waals surface area contributed by atoms with E-state index in [4.69, 9.17) is 17.3 Å². The molecule has 2 rings (SSSR count). The number of benzene rings is 1. The molecule has 0 radical (unpaired) electrons. The molecule has 0 spiro atoms. The fourth-order valence-corrected chi connectivity index (χ4v) is 3.99. The highest BCUT2D eigenvalue weighted by Crippen LogP contribution is 2.35. The third-order valence-corrected chi connectivity index (χ3v) is 6.07. The highest BCUT2D eigenvalue weighted by atomic mass is 35.5. The quantitative estimate of drug-likeness (QED) is 0.873. The Kier molecular flexibility index (Phi) is 5.27. The van der Waals surface area contributed by atoms with Gasteiger partial charge in [0, 0.05) is 5.02 Å². The summed E-state index contributed by atoms with van der Waals surface area (Å²) in [4.78, 5) is 5.20. The van der Waals surface area contributed by atoms with E-state index in [0.29, 0.717) is 10.2 Å². The van der Waals surface area contributed by atoms with Gasteiger partial charge in [0.1, 0.15) is 0 Å². The molecule has 0 saturated carbocycles. The highest BCUT2D eigenvalue weighted by Gasteiger charge is 2.28. The second-order valence-corrected chi connectivity index (χ2v) is 9.42. The number of aromatic nitrogens is 1. The summed E-state index contributed by atoms with van der Waals surface area (Å²) in [5, 5.41) is 1.12. The van der Waals surface area contributed by atoms with Crippen LogP contribution in [0, 0.1) is 6.92 Å². The van der Waals surface area contributed by atoms with Crippen molar-refractivity contribution in [3.05, 3.63) is 45.4 Å². The van der Waals surface area contributed by atoms with Crippen LogP contribution in [0.25, 0.3) is 0 Å². The Morgan fingerprint density at radius 1 is 1.36 bits per heavy atom. The molecule has 0 bridgehead atoms. The summed E-state index contributed by atoms with van der Waals surface area (Å²) in [7, 11) is -1.25. The minimum absolute atomic E-state index is 0.302. The average molecular weight is 358 g/mol. The summed E-state index contributed by atoms with van der Waals surface area (Å²) in [6.07, 6.45) is 0. The Morgan fingerprint density at radius 2 is 2.00 bits per heavy atom. The van der Waals surface area contributed by atoms with Crippen LogP contribution in [0.2, 0.25) is 5.02 Å². The summed E-state index contributed by atoms with van der Waals surface area (Å²) in [6, 6.07) is 7.23. The maximum Gasteiger partial charge on any atom is 0.180 e. The van der Waals surface area contributed by atoms with E-state index in [1.165, 1.54) is 11.3 Å². The monoisotopic (exact) mass is 357 g/mol. The number of nitrogen functional groups attached to an aromatic ring is 1. The Bertz CT molecular complexity index is 694. The maximum absolute atomic E-state index is 12.6. The number of hydrogen-bond donors (Lipinski definition) is 2. The molecule has 0 aliphatic heterocycles. The van der Waals surface area contributed by atoms with Crippen LogP contribution in [0.3, 0.4) is 0 Å². The molecule has 2 aromatic rings. The first-order valence-corrected chi connectivity index (χ1v) is 9.20. The molecule has 1 aromatic carbocycles. The molecule has 1 aromatic heterocycles. The van der Waals surface area contributed by atoms with E-state index in [-0.39, 0.29) is 10.8 Å². The minimum Gasteiger partial charge on any atom is -0.375 e. The maximum atomic E-state index is 12.6. The second-order valence-electron chi connectivity index (χ2n) is 5.96.